The smallest absolute Gasteiger partial charge is 0.160 e. The monoisotopic (exact) mass is 252 g/mol. The third kappa shape index (κ3) is 3.03. The van der Waals surface area contributed by atoms with Crippen molar-refractivity contribution >= 4 is 8.07 Å². The topological polar surface area (TPSA) is 40.5 Å². The highest BCUT2D eigenvalue weighted by atomic mass is 28.3. The van der Waals surface area contributed by atoms with Crippen molar-refractivity contribution in [3.05, 3.63) is 23.3 Å². The average molecular weight is 252 g/mol. The minimum Gasteiger partial charge on any atom is -0.504 e. The van der Waals surface area contributed by atoms with Crippen LogP contribution >= 0.6 is 0 Å². The van der Waals surface area contributed by atoms with E-state index in [-0.39, 0.29) is 11.5 Å². The first-order chi connectivity index (χ1) is 7.98. The predicted molar refractivity (Wildman–Crippen MR) is 75.4 cm³/mol. The number of benzene rings is 1. The Morgan fingerprint density at radius 2 is 1.53 bits per heavy atom. The molecule has 3 heteroatoms. The Bertz CT molecular complexity index is 353. The summed E-state index contributed by atoms with van der Waals surface area (Å²) in [5.74, 6) is 0.0386. The highest BCUT2D eigenvalue weighted by Crippen LogP contribution is 2.32. The number of hydrogen-bond acceptors (Lipinski definition) is 2. The lowest BCUT2D eigenvalue weighted by atomic mass is 10.1. The third-order valence-electron chi connectivity index (χ3n) is 4.17. The van der Waals surface area contributed by atoms with Crippen LogP contribution in [0, 0.1) is 6.92 Å². The molecule has 0 aliphatic rings. The Balaban J connectivity index is 3.02. The third-order valence-corrected chi connectivity index (χ3v) is 9.83. The largest absolute Gasteiger partial charge is 0.504 e. The molecular weight excluding hydrogens is 228 g/mol. The molecule has 96 valence electrons. The molecule has 0 aliphatic heterocycles. The van der Waals surface area contributed by atoms with E-state index in [1.54, 1.807) is 6.07 Å². The van der Waals surface area contributed by atoms with Crippen LogP contribution in [-0.2, 0) is 6.04 Å². The summed E-state index contributed by atoms with van der Waals surface area (Å²) in [4.78, 5) is 0. The zero-order valence-electron chi connectivity index (χ0n) is 11.4. The molecule has 0 fully saturated rings. The van der Waals surface area contributed by atoms with E-state index >= 15 is 0 Å². The maximum atomic E-state index is 9.66. The van der Waals surface area contributed by atoms with Crippen molar-refractivity contribution in [1.82, 2.24) is 0 Å². The SMILES string of the molecule is CC[Si](CC)(CC)Cc1cc(C)c(O)c(O)c1. The van der Waals surface area contributed by atoms with Gasteiger partial charge in [-0.2, -0.15) is 0 Å². The van der Waals surface area contributed by atoms with Crippen LogP contribution in [0.25, 0.3) is 0 Å². The van der Waals surface area contributed by atoms with Crippen LogP contribution in [0.15, 0.2) is 12.1 Å². The van der Waals surface area contributed by atoms with Gasteiger partial charge in [-0.05, 0) is 30.2 Å². The van der Waals surface area contributed by atoms with Gasteiger partial charge in [-0.1, -0.05) is 45.0 Å². The molecule has 0 unspecified atom stereocenters. The summed E-state index contributed by atoms with van der Waals surface area (Å²) in [6.45, 7) is 8.69. The van der Waals surface area contributed by atoms with Crippen molar-refractivity contribution in [3.8, 4) is 11.5 Å². The van der Waals surface area contributed by atoms with Crippen molar-refractivity contribution in [2.45, 2.75) is 51.9 Å². The molecule has 0 aliphatic carbocycles. The Morgan fingerprint density at radius 3 is 1.94 bits per heavy atom. The quantitative estimate of drug-likeness (QED) is 0.614. The van der Waals surface area contributed by atoms with Crippen LogP contribution in [0.4, 0.5) is 0 Å². The summed E-state index contributed by atoms with van der Waals surface area (Å²) in [5, 5.41) is 19.2. The number of phenolic OH excluding ortho intramolecular Hbond substituents is 2. The molecule has 17 heavy (non-hydrogen) atoms. The second kappa shape index (κ2) is 5.58. The lowest BCUT2D eigenvalue weighted by molar-refractivity contribution is 0.400. The van der Waals surface area contributed by atoms with Gasteiger partial charge in [0.1, 0.15) is 0 Å². The fraction of sp³-hybridized carbons (Fsp3) is 0.571. The van der Waals surface area contributed by atoms with Gasteiger partial charge < -0.3 is 10.2 Å². The molecular formula is C14H24O2Si. The molecule has 0 spiro atoms. The summed E-state index contributed by atoms with van der Waals surface area (Å²) in [6, 6.07) is 8.68. The molecule has 2 N–H and O–H groups in total. The van der Waals surface area contributed by atoms with Crippen molar-refractivity contribution in [2.24, 2.45) is 0 Å². The number of aryl methyl sites for hydroxylation is 1. The molecule has 0 saturated heterocycles. The van der Waals surface area contributed by atoms with Crippen LogP contribution in [0.3, 0.4) is 0 Å². The Kier molecular flexibility index (Phi) is 4.63. The van der Waals surface area contributed by atoms with Crippen molar-refractivity contribution in [3.63, 3.8) is 0 Å². The highest BCUT2D eigenvalue weighted by Gasteiger charge is 2.27. The molecule has 1 aromatic rings. The molecule has 0 amide bonds. The summed E-state index contributed by atoms with van der Waals surface area (Å²) < 4.78 is 0. The number of rotatable bonds is 5. The van der Waals surface area contributed by atoms with Crippen molar-refractivity contribution in [1.29, 1.82) is 0 Å². The summed E-state index contributed by atoms with van der Waals surface area (Å²) in [5.41, 5.74) is 1.95. The van der Waals surface area contributed by atoms with Crippen LogP contribution < -0.4 is 0 Å². The van der Waals surface area contributed by atoms with Crippen LogP contribution in [0.2, 0.25) is 18.1 Å². The van der Waals surface area contributed by atoms with Gasteiger partial charge >= 0.3 is 0 Å². The molecule has 1 aromatic carbocycles. The van der Waals surface area contributed by atoms with Crippen molar-refractivity contribution in [2.75, 3.05) is 0 Å². The van der Waals surface area contributed by atoms with Gasteiger partial charge in [0.05, 0.1) is 8.07 Å². The zero-order chi connectivity index (χ0) is 13.1. The molecule has 0 radical (unpaired) electrons. The van der Waals surface area contributed by atoms with Gasteiger partial charge in [0.25, 0.3) is 0 Å². The Hall–Kier alpha value is -0.963. The van der Waals surface area contributed by atoms with Gasteiger partial charge in [0.2, 0.25) is 0 Å². The van der Waals surface area contributed by atoms with E-state index < -0.39 is 8.07 Å². The van der Waals surface area contributed by atoms with Gasteiger partial charge in [0.15, 0.2) is 11.5 Å². The van der Waals surface area contributed by atoms with E-state index in [1.165, 1.54) is 23.7 Å². The minimum absolute atomic E-state index is 0.0190. The maximum Gasteiger partial charge on any atom is 0.160 e. The number of aromatic hydroxyl groups is 2. The molecule has 1 rings (SSSR count). The first-order valence-electron chi connectivity index (χ1n) is 6.49. The van der Waals surface area contributed by atoms with Gasteiger partial charge in [-0.25, -0.2) is 0 Å². The van der Waals surface area contributed by atoms with Crippen molar-refractivity contribution < 1.29 is 10.2 Å². The van der Waals surface area contributed by atoms with Gasteiger partial charge in [-0.3, -0.25) is 0 Å². The van der Waals surface area contributed by atoms with E-state index in [9.17, 15) is 10.2 Å². The fourth-order valence-corrected chi connectivity index (χ4v) is 5.81. The lowest BCUT2D eigenvalue weighted by Crippen LogP contribution is -2.34. The first-order valence-corrected chi connectivity index (χ1v) is 9.32. The fourth-order valence-electron chi connectivity index (χ4n) is 2.49. The summed E-state index contributed by atoms with van der Waals surface area (Å²) in [6.07, 6.45) is 0. The van der Waals surface area contributed by atoms with Crippen LogP contribution in [0.5, 0.6) is 11.5 Å². The van der Waals surface area contributed by atoms with E-state index in [1.807, 2.05) is 13.0 Å². The summed E-state index contributed by atoms with van der Waals surface area (Å²) in [7, 11) is -1.21. The van der Waals surface area contributed by atoms with E-state index in [2.05, 4.69) is 20.8 Å². The second-order valence-corrected chi connectivity index (χ2v) is 10.5. The molecule has 0 bridgehead atoms. The lowest BCUT2D eigenvalue weighted by Gasteiger charge is -2.28. The van der Waals surface area contributed by atoms with Crippen LogP contribution in [-0.4, -0.2) is 18.3 Å². The van der Waals surface area contributed by atoms with Crippen LogP contribution in [0.1, 0.15) is 31.9 Å². The molecule has 0 aromatic heterocycles. The molecule has 0 saturated carbocycles. The molecule has 0 heterocycles. The standard InChI is InChI=1S/C14H24O2Si/c1-5-17(6-2,7-3)10-12-8-11(4)14(16)13(15)9-12/h8-9,15-16H,5-7,10H2,1-4H3. The molecule has 0 atom stereocenters. The zero-order valence-corrected chi connectivity index (χ0v) is 12.4. The summed E-state index contributed by atoms with van der Waals surface area (Å²) >= 11 is 0. The first kappa shape index (κ1) is 14.1. The van der Waals surface area contributed by atoms with Gasteiger partial charge in [0, 0.05) is 0 Å². The maximum absolute atomic E-state index is 9.66. The van der Waals surface area contributed by atoms with E-state index in [0.717, 1.165) is 11.6 Å². The van der Waals surface area contributed by atoms with E-state index in [0.29, 0.717) is 0 Å². The Morgan fingerprint density at radius 1 is 1.00 bits per heavy atom. The van der Waals surface area contributed by atoms with Gasteiger partial charge in [-0.15, -0.1) is 0 Å². The number of hydrogen-bond donors (Lipinski definition) is 2. The molecule has 2 nitrogen and oxygen atoms in total. The minimum atomic E-state index is -1.21. The second-order valence-electron chi connectivity index (χ2n) is 5.02. The Labute approximate surface area is 105 Å². The normalized spacial score (nSPS) is 11.8. The highest BCUT2D eigenvalue weighted by molar-refractivity contribution is 6.79. The average Bonchev–Trinajstić information content (AvgIpc) is 2.33. The predicted octanol–water partition coefficient (Wildman–Crippen LogP) is 4.00. The number of phenols is 2. The van der Waals surface area contributed by atoms with E-state index in [4.69, 9.17) is 0 Å².